The number of thiazole rings is 1. The molecule has 2 amide bonds. The molecule has 0 saturated heterocycles. The van der Waals surface area contributed by atoms with E-state index in [1.54, 1.807) is 43.7 Å². The lowest BCUT2D eigenvalue weighted by atomic mass is 10.0. The second kappa shape index (κ2) is 8.35. The fourth-order valence-electron chi connectivity index (χ4n) is 2.73. The zero-order valence-corrected chi connectivity index (χ0v) is 17.2. The lowest BCUT2D eigenvalue weighted by molar-refractivity contribution is 0.0828. The summed E-state index contributed by atoms with van der Waals surface area (Å²) in [6.07, 6.45) is 0. The number of anilines is 1. The van der Waals surface area contributed by atoms with Crippen molar-refractivity contribution in [1.82, 2.24) is 9.88 Å². The summed E-state index contributed by atoms with van der Waals surface area (Å²) >= 11 is 1.42. The number of para-hydroxylation sites is 1. The first-order valence-corrected chi connectivity index (χ1v) is 9.92. The first-order chi connectivity index (χ1) is 13.4. The maximum atomic E-state index is 12.7. The molecular formula is C22H23N3O2S. The van der Waals surface area contributed by atoms with E-state index in [0.717, 1.165) is 10.6 Å². The standard InChI is InChI=1S/C22H23N3O2S/c1-14(2)15-9-11-16(12-10-15)21-24-19(13-28-21)20(26)23-18-8-6-5-7-17(18)22(27)25(3)4/h5-14H,1-4H3,(H,23,26). The number of carbonyl (C=O) groups is 2. The Hall–Kier alpha value is -2.99. The van der Waals surface area contributed by atoms with Gasteiger partial charge in [0.25, 0.3) is 11.8 Å². The highest BCUT2D eigenvalue weighted by atomic mass is 32.1. The fraction of sp³-hybridized carbons (Fsp3) is 0.227. The lowest BCUT2D eigenvalue weighted by Gasteiger charge is -2.14. The number of rotatable bonds is 5. The van der Waals surface area contributed by atoms with Crippen LogP contribution in [0.1, 0.15) is 46.2 Å². The number of benzene rings is 2. The minimum Gasteiger partial charge on any atom is -0.345 e. The predicted molar refractivity (Wildman–Crippen MR) is 114 cm³/mol. The van der Waals surface area contributed by atoms with Crippen molar-refractivity contribution in [2.45, 2.75) is 19.8 Å². The smallest absolute Gasteiger partial charge is 0.275 e. The van der Waals surface area contributed by atoms with Crippen molar-refractivity contribution in [3.63, 3.8) is 0 Å². The highest BCUT2D eigenvalue weighted by Crippen LogP contribution is 2.26. The molecule has 0 atom stereocenters. The van der Waals surface area contributed by atoms with E-state index < -0.39 is 0 Å². The Kier molecular flexibility index (Phi) is 5.90. The molecule has 28 heavy (non-hydrogen) atoms. The van der Waals surface area contributed by atoms with Crippen LogP contribution in [-0.2, 0) is 0 Å². The summed E-state index contributed by atoms with van der Waals surface area (Å²) < 4.78 is 0. The number of nitrogens with zero attached hydrogens (tertiary/aromatic N) is 2. The summed E-state index contributed by atoms with van der Waals surface area (Å²) in [6.45, 7) is 4.31. The van der Waals surface area contributed by atoms with E-state index in [1.807, 2.05) is 12.1 Å². The monoisotopic (exact) mass is 393 g/mol. The maximum Gasteiger partial charge on any atom is 0.275 e. The van der Waals surface area contributed by atoms with E-state index in [1.165, 1.54) is 21.8 Å². The van der Waals surface area contributed by atoms with Crippen LogP contribution in [0.2, 0.25) is 0 Å². The highest BCUT2D eigenvalue weighted by Gasteiger charge is 2.17. The molecule has 1 aromatic heterocycles. The molecule has 0 spiro atoms. The van der Waals surface area contributed by atoms with Gasteiger partial charge in [-0.05, 0) is 23.6 Å². The summed E-state index contributed by atoms with van der Waals surface area (Å²) in [6, 6.07) is 15.2. The largest absolute Gasteiger partial charge is 0.345 e. The molecule has 0 aliphatic rings. The van der Waals surface area contributed by atoms with E-state index >= 15 is 0 Å². The molecule has 5 nitrogen and oxygen atoms in total. The number of carbonyl (C=O) groups excluding carboxylic acids is 2. The summed E-state index contributed by atoms with van der Waals surface area (Å²) in [5, 5.41) is 5.33. The Labute approximate surface area is 169 Å². The number of hydrogen-bond acceptors (Lipinski definition) is 4. The first kappa shape index (κ1) is 19.8. The van der Waals surface area contributed by atoms with Crippen molar-refractivity contribution >= 4 is 28.8 Å². The number of amides is 2. The van der Waals surface area contributed by atoms with Crippen molar-refractivity contribution in [1.29, 1.82) is 0 Å². The van der Waals surface area contributed by atoms with Crippen molar-refractivity contribution in [2.24, 2.45) is 0 Å². The van der Waals surface area contributed by atoms with Crippen molar-refractivity contribution in [2.75, 3.05) is 19.4 Å². The van der Waals surface area contributed by atoms with E-state index in [2.05, 4.69) is 36.3 Å². The lowest BCUT2D eigenvalue weighted by Crippen LogP contribution is -2.24. The summed E-state index contributed by atoms with van der Waals surface area (Å²) in [7, 11) is 3.36. The summed E-state index contributed by atoms with van der Waals surface area (Å²) in [4.78, 5) is 30.9. The van der Waals surface area contributed by atoms with Crippen LogP contribution in [-0.4, -0.2) is 35.8 Å². The molecule has 0 unspecified atom stereocenters. The zero-order valence-electron chi connectivity index (χ0n) is 16.4. The minimum absolute atomic E-state index is 0.167. The quantitative estimate of drug-likeness (QED) is 0.671. The summed E-state index contributed by atoms with van der Waals surface area (Å²) in [5.74, 6) is -0.0305. The molecule has 0 saturated carbocycles. The van der Waals surface area contributed by atoms with Gasteiger partial charge >= 0.3 is 0 Å². The van der Waals surface area contributed by atoms with Crippen LogP contribution in [0.15, 0.2) is 53.9 Å². The third-order valence-electron chi connectivity index (χ3n) is 4.37. The Morgan fingerprint density at radius 1 is 1.04 bits per heavy atom. The van der Waals surface area contributed by atoms with Crippen molar-refractivity contribution in [3.8, 4) is 10.6 Å². The van der Waals surface area contributed by atoms with Gasteiger partial charge in [-0.15, -0.1) is 11.3 Å². The average Bonchev–Trinajstić information content (AvgIpc) is 3.18. The number of hydrogen-bond donors (Lipinski definition) is 1. The summed E-state index contributed by atoms with van der Waals surface area (Å²) in [5.41, 5.74) is 3.50. The van der Waals surface area contributed by atoms with E-state index in [-0.39, 0.29) is 11.8 Å². The molecule has 1 N–H and O–H groups in total. The third-order valence-corrected chi connectivity index (χ3v) is 5.26. The molecule has 1 heterocycles. The van der Waals surface area contributed by atoms with Crippen LogP contribution in [0.3, 0.4) is 0 Å². The normalized spacial score (nSPS) is 10.8. The SMILES string of the molecule is CC(C)c1ccc(-c2nc(C(=O)Nc3ccccc3C(=O)N(C)C)cs2)cc1. The minimum atomic E-state index is -0.333. The molecule has 0 aliphatic carbocycles. The molecule has 0 radical (unpaired) electrons. The highest BCUT2D eigenvalue weighted by molar-refractivity contribution is 7.13. The van der Waals surface area contributed by atoms with Crippen molar-refractivity contribution < 1.29 is 9.59 Å². The third kappa shape index (κ3) is 4.28. The zero-order chi connectivity index (χ0) is 20.3. The van der Waals surface area contributed by atoms with Gasteiger partial charge in [-0.2, -0.15) is 0 Å². The predicted octanol–water partition coefficient (Wildman–Crippen LogP) is 4.89. The average molecular weight is 394 g/mol. The molecule has 3 aromatic rings. The van der Waals surface area contributed by atoms with Gasteiger partial charge in [0.05, 0.1) is 11.3 Å². The van der Waals surface area contributed by atoms with Gasteiger partial charge in [0.2, 0.25) is 0 Å². The van der Waals surface area contributed by atoms with E-state index in [9.17, 15) is 9.59 Å². The van der Waals surface area contributed by atoms with Gasteiger partial charge in [0.1, 0.15) is 10.7 Å². The molecule has 0 fully saturated rings. The van der Waals surface area contributed by atoms with Gasteiger partial charge in [-0.1, -0.05) is 50.2 Å². The van der Waals surface area contributed by atoms with Gasteiger partial charge in [0.15, 0.2) is 0 Å². The maximum absolute atomic E-state index is 12.7. The van der Waals surface area contributed by atoms with Crippen LogP contribution in [0.5, 0.6) is 0 Å². The number of aromatic nitrogens is 1. The van der Waals surface area contributed by atoms with Crippen LogP contribution >= 0.6 is 11.3 Å². The van der Waals surface area contributed by atoms with Crippen LogP contribution in [0.25, 0.3) is 10.6 Å². The van der Waals surface area contributed by atoms with Gasteiger partial charge in [-0.3, -0.25) is 9.59 Å². The van der Waals surface area contributed by atoms with Gasteiger partial charge in [-0.25, -0.2) is 4.98 Å². The van der Waals surface area contributed by atoms with Crippen LogP contribution in [0.4, 0.5) is 5.69 Å². The molecule has 6 heteroatoms. The van der Waals surface area contributed by atoms with Crippen LogP contribution < -0.4 is 5.32 Å². The molecule has 2 aromatic carbocycles. The molecule has 144 valence electrons. The topological polar surface area (TPSA) is 62.3 Å². The Morgan fingerprint density at radius 3 is 2.36 bits per heavy atom. The van der Waals surface area contributed by atoms with E-state index in [4.69, 9.17) is 0 Å². The Morgan fingerprint density at radius 2 is 1.71 bits per heavy atom. The Balaban J connectivity index is 1.79. The van der Waals surface area contributed by atoms with Crippen LogP contribution in [0, 0.1) is 0 Å². The van der Waals surface area contributed by atoms with Gasteiger partial charge in [0, 0.05) is 25.0 Å². The Bertz CT molecular complexity index is 991. The molecule has 0 aliphatic heterocycles. The molecule has 0 bridgehead atoms. The number of nitrogens with one attached hydrogen (secondary N) is 1. The van der Waals surface area contributed by atoms with E-state index in [0.29, 0.717) is 22.9 Å². The van der Waals surface area contributed by atoms with Gasteiger partial charge < -0.3 is 10.2 Å². The molecule has 3 rings (SSSR count). The molecular weight excluding hydrogens is 370 g/mol. The second-order valence-electron chi connectivity index (χ2n) is 7.01. The fourth-order valence-corrected chi connectivity index (χ4v) is 3.53. The first-order valence-electron chi connectivity index (χ1n) is 9.04. The second-order valence-corrected chi connectivity index (χ2v) is 7.87. The van der Waals surface area contributed by atoms with Crippen molar-refractivity contribution in [3.05, 3.63) is 70.7 Å².